The summed E-state index contributed by atoms with van der Waals surface area (Å²) < 4.78 is 16.1. The summed E-state index contributed by atoms with van der Waals surface area (Å²) in [7, 11) is 1.39. The number of carbonyl (C=O) groups is 2. The number of carbonyl (C=O) groups excluding carboxylic acids is 2. The first kappa shape index (κ1) is 17.1. The average molecular weight is 313 g/mol. The molecule has 1 heterocycles. The topological polar surface area (TPSA) is 65.1 Å². The Hall–Kier alpha value is -1.30. The Labute approximate surface area is 132 Å². The summed E-state index contributed by atoms with van der Waals surface area (Å²) in [5.41, 5.74) is -1.31. The highest BCUT2D eigenvalue weighted by molar-refractivity contribution is 5.77. The summed E-state index contributed by atoms with van der Waals surface area (Å²) in [6.07, 6.45) is -0.400. The van der Waals surface area contributed by atoms with Crippen LogP contribution in [0.1, 0.15) is 41.5 Å². The predicted octanol–water partition coefficient (Wildman–Crippen LogP) is 2.41. The van der Waals surface area contributed by atoms with Crippen molar-refractivity contribution >= 4 is 12.1 Å². The van der Waals surface area contributed by atoms with Crippen LogP contribution in [-0.4, -0.2) is 48.0 Å². The molecule has 1 aliphatic heterocycles. The van der Waals surface area contributed by atoms with Gasteiger partial charge in [-0.05, 0) is 46.5 Å². The lowest BCUT2D eigenvalue weighted by atomic mass is 10.1. The number of amides is 1. The van der Waals surface area contributed by atoms with Crippen molar-refractivity contribution in [2.75, 3.05) is 13.7 Å². The van der Waals surface area contributed by atoms with Crippen LogP contribution in [0.15, 0.2) is 0 Å². The summed E-state index contributed by atoms with van der Waals surface area (Å²) in [6, 6.07) is -0.163. The third-order valence-electron chi connectivity index (χ3n) is 4.47. The molecular formula is C16H27NO5. The van der Waals surface area contributed by atoms with Gasteiger partial charge in [0.15, 0.2) is 0 Å². The Morgan fingerprint density at radius 1 is 1.27 bits per heavy atom. The van der Waals surface area contributed by atoms with Gasteiger partial charge in [-0.15, -0.1) is 0 Å². The molecule has 6 heteroatoms. The van der Waals surface area contributed by atoms with E-state index in [-0.39, 0.29) is 29.8 Å². The fourth-order valence-corrected chi connectivity index (χ4v) is 3.37. The smallest absolute Gasteiger partial charge is 0.412 e. The third kappa shape index (κ3) is 3.07. The Bertz CT molecular complexity index is 468. The van der Waals surface area contributed by atoms with Crippen molar-refractivity contribution in [2.45, 2.75) is 58.9 Å². The Balaban J connectivity index is 2.18. The molecule has 1 amide bonds. The number of hydrogen-bond acceptors (Lipinski definition) is 5. The van der Waals surface area contributed by atoms with Crippen molar-refractivity contribution < 1.29 is 23.8 Å². The third-order valence-corrected chi connectivity index (χ3v) is 4.47. The molecule has 2 fully saturated rings. The monoisotopic (exact) mass is 313 g/mol. The van der Waals surface area contributed by atoms with Crippen LogP contribution in [0.2, 0.25) is 0 Å². The van der Waals surface area contributed by atoms with Gasteiger partial charge in [-0.3, -0.25) is 9.69 Å². The highest BCUT2D eigenvalue weighted by Crippen LogP contribution is 2.53. The lowest BCUT2D eigenvalue weighted by Gasteiger charge is -2.35. The van der Waals surface area contributed by atoms with Crippen molar-refractivity contribution in [3.63, 3.8) is 0 Å². The molecular weight excluding hydrogens is 286 g/mol. The lowest BCUT2D eigenvalue weighted by Crippen LogP contribution is -2.50. The molecule has 0 aromatic carbocycles. The normalized spacial score (nSPS) is 33.5. The van der Waals surface area contributed by atoms with E-state index < -0.39 is 17.4 Å². The summed E-state index contributed by atoms with van der Waals surface area (Å²) in [5.74, 6) is -0.148. The first-order valence-electron chi connectivity index (χ1n) is 7.73. The molecule has 1 aliphatic carbocycles. The quantitative estimate of drug-likeness (QED) is 0.733. The van der Waals surface area contributed by atoms with E-state index >= 15 is 0 Å². The number of hydrogen-bond donors (Lipinski definition) is 0. The molecule has 1 saturated carbocycles. The first-order chi connectivity index (χ1) is 9.99. The second-order valence-electron chi connectivity index (χ2n) is 7.66. The molecule has 0 bridgehead atoms. The SMILES string of the molecule is COC(=O)[C@@H]1[C@H](C)[C@@H]1[C@H]1COC(C)(C)N1C(=O)OC(C)(C)C. The predicted molar refractivity (Wildman–Crippen MR) is 80.1 cm³/mol. The van der Waals surface area contributed by atoms with Crippen molar-refractivity contribution in [3.05, 3.63) is 0 Å². The van der Waals surface area contributed by atoms with Crippen molar-refractivity contribution in [1.29, 1.82) is 0 Å². The summed E-state index contributed by atoms with van der Waals surface area (Å²) in [4.78, 5) is 26.0. The molecule has 0 spiro atoms. The molecule has 22 heavy (non-hydrogen) atoms. The molecule has 2 rings (SSSR count). The van der Waals surface area contributed by atoms with E-state index in [1.165, 1.54) is 7.11 Å². The highest BCUT2D eigenvalue weighted by atomic mass is 16.6. The minimum absolute atomic E-state index is 0.0572. The fourth-order valence-electron chi connectivity index (χ4n) is 3.37. The van der Waals surface area contributed by atoms with Crippen LogP contribution < -0.4 is 0 Å². The van der Waals surface area contributed by atoms with Gasteiger partial charge in [-0.2, -0.15) is 0 Å². The van der Waals surface area contributed by atoms with Crippen LogP contribution in [0.4, 0.5) is 4.79 Å². The highest BCUT2D eigenvalue weighted by Gasteiger charge is 2.62. The van der Waals surface area contributed by atoms with Crippen LogP contribution in [0.5, 0.6) is 0 Å². The zero-order chi connectivity index (χ0) is 16.9. The average Bonchev–Trinajstić information content (AvgIpc) is 2.90. The summed E-state index contributed by atoms with van der Waals surface area (Å²) in [6.45, 7) is 11.6. The Kier molecular flexibility index (Phi) is 4.19. The van der Waals surface area contributed by atoms with Crippen LogP contribution >= 0.6 is 0 Å². The van der Waals surface area contributed by atoms with Crippen molar-refractivity contribution in [2.24, 2.45) is 17.8 Å². The van der Waals surface area contributed by atoms with Crippen molar-refractivity contribution in [1.82, 2.24) is 4.90 Å². The van der Waals surface area contributed by atoms with E-state index in [1.54, 1.807) is 4.90 Å². The first-order valence-corrected chi connectivity index (χ1v) is 7.73. The molecule has 1 saturated heterocycles. The number of rotatable bonds is 2. The number of nitrogens with zero attached hydrogens (tertiary/aromatic N) is 1. The minimum atomic E-state index is -0.740. The second-order valence-corrected chi connectivity index (χ2v) is 7.66. The molecule has 2 aliphatic rings. The summed E-state index contributed by atoms with van der Waals surface area (Å²) in [5, 5.41) is 0. The standard InChI is InChI=1S/C16H27NO5/c1-9-11(12(9)13(18)20-7)10-8-21-16(5,6)17(10)14(19)22-15(2,3)4/h9-12H,8H2,1-7H3/t9-,10-,11-,12-/m1/s1. The molecule has 0 radical (unpaired) electrons. The molecule has 6 nitrogen and oxygen atoms in total. The Morgan fingerprint density at radius 3 is 2.36 bits per heavy atom. The Morgan fingerprint density at radius 2 is 1.86 bits per heavy atom. The van der Waals surface area contributed by atoms with E-state index in [4.69, 9.17) is 14.2 Å². The van der Waals surface area contributed by atoms with Gasteiger partial charge in [0.05, 0.1) is 25.7 Å². The van der Waals surface area contributed by atoms with E-state index in [9.17, 15) is 9.59 Å². The van der Waals surface area contributed by atoms with E-state index in [1.807, 2.05) is 41.5 Å². The second kappa shape index (κ2) is 5.41. The van der Waals surface area contributed by atoms with Gasteiger partial charge in [0.1, 0.15) is 11.3 Å². The van der Waals surface area contributed by atoms with Gasteiger partial charge in [0, 0.05) is 0 Å². The van der Waals surface area contributed by atoms with Gasteiger partial charge in [-0.25, -0.2) is 4.79 Å². The van der Waals surface area contributed by atoms with Gasteiger partial charge >= 0.3 is 12.1 Å². The molecule has 0 N–H and O–H groups in total. The molecule has 126 valence electrons. The fraction of sp³-hybridized carbons (Fsp3) is 0.875. The zero-order valence-corrected chi connectivity index (χ0v) is 14.5. The summed E-state index contributed by atoms with van der Waals surface area (Å²) >= 11 is 0. The van der Waals surface area contributed by atoms with Crippen LogP contribution in [0, 0.1) is 17.8 Å². The van der Waals surface area contributed by atoms with E-state index in [0.29, 0.717) is 6.61 Å². The maximum Gasteiger partial charge on any atom is 0.412 e. The lowest BCUT2D eigenvalue weighted by molar-refractivity contribution is -0.143. The number of methoxy groups -OCH3 is 1. The molecule has 0 aromatic rings. The van der Waals surface area contributed by atoms with Crippen LogP contribution in [0.25, 0.3) is 0 Å². The number of esters is 1. The minimum Gasteiger partial charge on any atom is -0.469 e. The van der Waals surface area contributed by atoms with Gasteiger partial charge in [0.2, 0.25) is 0 Å². The zero-order valence-electron chi connectivity index (χ0n) is 14.5. The molecule has 4 atom stereocenters. The van der Waals surface area contributed by atoms with Gasteiger partial charge < -0.3 is 14.2 Å². The largest absolute Gasteiger partial charge is 0.469 e. The van der Waals surface area contributed by atoms with E-state index in [2.05, 4.69) is 0 Å². The van der Waals surface area contributed by atoms with Crippen LogP contribution in [0.3, 0.4) is 0 Å². The molecule has 0 aromatic heterocycles. The molecule has 0 unspecified atom stereocenters. The maximum atomic E-state index is 12.6. The van der Waals surface area contributed by atoms with Crippen LogP contribution in [-0.2, 0) is 19.0 Å². The van der Waals surface area contributed by atoms with Crippen molar-refractivity contribution in [3.8, 4) is 0 Å². The number of ether oxygens (including phenoxy) is 3. The van der Waals surface area contributed by atoms with E-state index in [0.717, 1.165) is 0 Å². The maximum absolute atomic E-state index is 12.6. The van der Waals surface area contributed by atoms with Gasteiger partial charge in [-0.1, -0.05) is 6.92 Å². The van der Waals surface area contributed by atoms with Gasteiger partial charge in [0.25, 0.3) is 0 Å².